The predicted octanol–water partition coefficient (Wildman–Crippen LogP) is 3.83. The van der Waals surface area contributed by atoms with Gasteiger partial charge in [-0.15, -0.1) is 24.0 Å². The number of likely N-dealkylation sites (tertiary alicyclic amines) is 1. The van der Waals surface area contributed by atoms with Gasteiger partial charge in [0.05, 0.1) is 0 Å². The number of benzene rings is 2. The summed E-state index contributed by atoms with van der Waals surface area (Å²) >= 11 is 0. The maximum absolute atomic E-state index is 4.34. The van der Waals surface area contributed by atoms with E-state index in [0.29, 0.717) is 0 Å². The Kier molecular flexibility index (Phi) is 9.73. The smallest absolute Gasteiger partial charge is 0.191 e. The topological polar surface area (TPSA) is 42.9 Å². The lowest BCUT2D eigenvalue weighted by Gasteiger charge is -2.16. The summed E-state index contributed by atoms with van der Waals surface area (Å²) in [5.74, 6) is 0.816. The summed E-state index contributed by atoms with van der Waals surface area (Å²) in [5, 5.41) is 6.80. The van der Waals surface area contributed by atoms with Crippen LogP contribution in [0.25, 0.3) is 0 Å². The fraction of sp³-hybridized carbons (Fsp3) is 0.435. The molecule has 0 bridgehead atoms. The van der Waals surface area contributed by atoms with Crippen LogP contribution >= 0.6 is 24.0 Å². The molecule has 1 aliphatic heterocycles. The van der Waals surface area contributed by atoms with Crippen LogP contribution in [0.4, 0.5) is 5.69 Å². The standard InChI is InChI=1S/C23H33N5.HI/c1-24-23(26-17-21-7-6-8-22(15-21)27(2)3)25-16-19-9-11-20(12-10-19)18-28-13-4-5-14-28;/h6-12,15H,4-5,13-14,16-18H2,1-3H3,(H2,24,25,26);1H. The number of nitrogens with one attached hydrogen (secondary N) is 2. The highest BCUT2D eigenvalue weighted by atomic mass is 127. The third-order valence-electron chi connectivity index (χ3n) is 5.20. The molecule has 2 N–H and O–H groups in total. The maximum atomic E-state index is 4.34. The Balaban J connectivity index is 0.00000300. The van der Waals surface area contributed by atoms with Crippen LogP contribution in [0.5, 0.6) is 0 Å². The summed E-state index contributed by atoms with van der Waals surface area (Å²) in [6, 6.07) is 17.5. The predicted molar refractivity (Wildman–Crippen MR) is 134 cm³/mol. The first-order valence-corrected chi connectivity index (χ1v) is 10.1. The van der Waals surface area contributed by atoms with E-state index >= 15 is 0 Å². The molecule has 0 unspecified atom stereocenters. The lowest BCUT2D eigenvalue weighted by molar-refractivity contribution is 0.331. The molecule has 158 valence electrons. The van der Waals surface area contributed by atoms with Crippen molar-refractivity contribution >= 4 is 35.6 Å². The zero-order chi connectivity index (χ0) is 19.8. The highest BCUT2D eigenvalue weighted by Crippen LogP contribution is 2.14. The van der Waals surface area contributed by atoms with Crippen molar-refractivity contribution in [2.45, 2.75) is 32.5 Å². The van der Waals surface area contributed by atoms with E-state index in [0.717, 1.165) is 25.6 Å². The van der Waals surface area contributed by atoms with Crippen LogP contribution in [-0.4, -0.2) is 45.1 Å². The molecule has 0 atom stereocenters. The van der Waals surface area contributed by atoms with Gasteiger partial charge in [-0.1, -0.05) is 36.4 Å². The molecule has 29 heavy (non-hydrogen) atoms. The number of rotatable bonds is 7. The molecule has 1 aliphatic rings. The molecule has 0 aliphatic carbocycles. The van der Waals surface area contributed by atoms with Gasteiger partial charge < -0.3 is 15.5 Å². The second-order valence-corrected chi connectivity index (χ2v) is 7.64. The normalized spacial score (nSPS) is 14.4. The van der Waals surface area contributed by atoms with Gasteiger partial charge in [0.15, 0.2) is 5.96 Å². The Morgan fingerprint density at radius 1 is 0.931 bits per heavy atom. The Morgan fingerprint density at radius 3 is 2.17 bits per heavy atom. The van der Waals surface area contributed by atoms with Gasteiger partial charge in [-0.25, -0.2) is 0 Å². The molecule has 3 rings (SSSR count). The fourth-order valence-electron chi connectivity index (χ4n) is 3.50. The number of aliphatic imine (C=N–C) groups is 1. The van der Waals surface area contributed by atoms with Crippen LogP contribution in [0.1, 0.15) is 29.5 Å². The maximum Gasteiger partial charge on any atom is 0.191 e. The summed E-state index contributed by atoms with van der Waals surface area (Å²) in [5.41, 5.74) is 5.10. The van der Waals surface area contributed by atoms with E-state index in [1.165, 1.54) is 48.3 Å². The minimum atomic E-state index is 0. The van der Waals surface area contributed by atoms with Crippen molar-refractivity contribution in [3.8, 4) is 0 Å². The Morgan fingerprint density at radius 2 is 1.55 bits per heavy atom. The van der Waals surface area contributed by atoms with Gasteiger partial charge in [0.25, 0.3) is 0 Å². The average Bonchev–Trinajstić information content (AvgIpc) is 3.22. The summed E-state index contributed by atoms with van der Waals surface area (Å²) in [6.45, 7) is 5.06. The third kappa shape index (κ3) is 7.51. The molecule has 0 aromatic heterocycles. The second kappa shape index (κ2) is 12.0. The van der Waals surface area contributed by atoms with Crippen molar-refractivity contribution in [3.05, 3.63) is 65.2 Å². The van der Waals surface area contributed by atoms with Crippen molar-refractivity contribution in [2.75, 3.05) is 39.1 Å². The van der Waals surface area contributed by atoms with Crippen LogP contribution in [0.2, 0.25) is 0 Å². The molecule has 2 aromatic carbocycles. The summed E-state index contributed by atoms with van der Waals surface area (Å²) in [6.07, 6.45) is 2.68. The number of nitrogens with zero attached hydrogens (tertiary/aromatic N) is 3. The molecule has 0 saturated carbocycles. The Bertz CT molecular complexity index is 767. The van der Waals surface area contributed by atoms with Crippen molar-refractivity contribution in [2.24, 2.45) is 4.99 Å². The van der Waals surface area contributed by atoms with Crippen LogP contribution in [0, 0.1) is 0 Å². The number of guanidine groups is 1. The second-order valence-electron chi connectivity index (χ2n) is 7.64. The SMILES string of the molecule is CN=C(NCc1ccc(CN2CCCC2)cc1)NCc1cccc(N(C)C)c1.I. The highest BCUT2D eigenvalue weighted by molar-refractivity contribution is 14.0. The van der Waals surface area contributed by atoms with E-state index in [1.807, 2.05) is 7.05 Å². The van der Waals surface area contributed by atoms with E-state index in [1.54, 1.807) is 0 Å². The summed E-state index contributed by atoms with van der Waals surface area (Å²) in [7, 11) is 5.93. The first kappa shape index (κ1) is 23.5. The molecular weight excluding hydrogens is 473 g/mol. The van der Waals surface area contributed by atoms with Gasteiger partial charge in [0.2, 0.25) is 0 Å². The van der Waals surface area contributed by atoms with Gasteiger partial charge in [-0.3, -0.25) is 9.89 Å². The van der Waals surface area contributed by atoms with Crippen LogP contribution in [-0.2, 0) is 19.6 Å². The fourth-order valence-corrected chi connectivity index (χ4v) is 3.50. The van der Waals surface area contributed by atoms with E-state index in [9.17, 15) is 0 Å². The lowest BCUT2D eigenvalue weighted by Crippen LogP contribution is -2.36. The monoisotopic (exact) mass is 507 g/mol. The first-order valence-electron chi connectivity index (χ1n) is 10.1. The molecule has 0 radical (unpaired) electrons. The van der Waals surface area contributed by atoms with Gasteiger partial charge in [-0.05, 0) is 54.8 Å². The summed E-state index contributed by atoms with van der Waals surface area (Å²) in [4.78, 5) is 8.99. The molecule has 0 spiro atoms. The van der Waals surface area contributed by atoms with Crippen molar-refractivity contribution < 1.29 is 0 Å². The minimum absolute atomic E-state index is 0. The van der Waals surface area contributed by atoms with Gasteiger partial charge >= 0.3 is 0 Å². The number of hydrogen-bond acceptors (Lipinski definition) is 3. The Hall–Kier alpha value is -1.80. The summed E-state index contributed by atoms with van der Waals surface area (Å²) < 4.78 is 0. The van der Waals surface area contributed by atoms with Crippen molar-refractivity contribution in [3.63, 3.8) is 0 Å². The van der Waals surface area contributed by atoms with Crippen molar-refractivity contribution in [1.29, 1.82) is 0 Å². The van der Waals surface area contributed by atoms with E-state index in [-0.39, 0.29) is 24.0 Å². The number of anilines is 1. The van der Waals surface area contributed by atoms with Crippen LogP contribution < -0.4 is 15.5 Å². The van der Waals surface area contributed by atoms with Crippen molar-refractivity contribution in [1.82, 2.24) is 15.5 Å². The third-order valence-corrected chi connectivity index (χ3v) is 5.20. The molecule has 0 amide bonds. The molecule has 5 nitrogen and oxygen atoms in total. The zero-order valence-electron chi connectivity index (χ0n) is 17.8. The zero-order valence-corrected chi connectivity index (χ0v) is 20.1. The minimum Gasteiger partial charge on any atom is -0.378 e. The molecule has 2 aromatic rings. The van der Waals surface area contributed by atoms with Gasteiger partial charge in [0.1, 0.15) is 0 Å². The number of halogens is 1. The van der Waals surface area contributed by atoms with Crippen LogP contribution in [0.3, 0.4) is 0 Å². The van der Waals surface area contributed by atoms with E-state index in [4.69, 9.17) is 0 Å². The quantitative estimate of drug-likeness (QED) is 0.340. The molecular formula is C23H34IN5. The highest BCUT2D eigenvalue weighted by Gasteiger charge is 2.11. The van der Waals surface area contributed by atoms with E-state index < -0.39 is 0 Å². The van der Waals surface area contributed by atoms with Gasteiger partial charge in [0, 0.05) is 46.5 Å². The largest absolute Gasteiger partial charge is 0.378 e. The molecule has 1 saturated heterocycles. The molecule has 1 heterocycles. The van der Waals surface area contributed by atoms with Gasteiger partial charge in [-0.2, -0.15) is 0 Å². The molecule has 6 heteroatoms. The lowest BCUT2D eigenvalue weighted by atomic mass is 10.1. The average molecular weight is 507 g/mol. The first-order chi connectivity index (χ1) is 13.6. The van der Waals surface area contributed by atoms with E-state index in [2.05, 4.69) is 88.1 Å². The molecule has 1 fully saturated rings. The Labute approximate surface area is 192 Å². The van der Waals surface area contributed by atoms with Crippen LogP contribution in [0.15, 0.2) is 53.5 Å². The number of hydrogen-bond donors (Lipinski definition) is 2.